The molecule has 25 heavy (non-hydrogen) atoms. The molecule has 2 aromatic rings. The van der Waals surface area contributed by atoms with E-state index < -0.39 is 18.8 Å². The Morgan fingerprint density at radius 2 is 2.00 bits per heavy atom. The predicted octanol–water partition coefficient (Wildman–Crippen LogP) is 2.60. The lowest BCUT2D eigenvalue weighted by atomic mass is 10.3. The Morgan fingerprint density at radius 1 is 1.36 bits per heavy atom. The van der Waals surface area contributed by atoms with Gasteiger partial charge in [0.25, 0.3) is 0 Å². The SMILES string of the molecule is CNc1cnn(Cc2ccc(OC(F)F)nc2)c1.O=C(O)C(F)(F)F. The third kappa shape index (κ3) is 7.46. The van der Waals surface area contributed by atoms with Crippen LogP contribution >= 0.6 is 0 Å². The van der Waals surface area contributed by atoms with Crippen molar-refractivity contribution in [1.82, 2.24) is 14.8 Å². The fourth-order valence-electron chi connectivity index (χ4n) is 1.43. The standard InChI is InChI=1S/C11H12F2N4O.C2HF3O2/c1-14-9-5-16-17(7-9)6-8-2-3-10(15-4-8)18-11(12)13;3-2(4,5)1(6)7/h2-5,7,11,14H,6H2,1H3;(H,6,7). The number of pyridine rings is 1. The minimum Gasteiger partial charge on any atom is -0.475 e. The number of halogens is 5. The average Bonchev–Trinajstić information content (AvgIpc) is 2.96. The zero-order valence-corrected chi connectivity index (χ0v) is 12.7. The number of ether oxygens (including phenoxy) is 1. The summed E-state index contributed by atoms with van der Waals surface area (Å²) in [7, 11) is 1.80. The van der Waals surface area contributed by atoms with Crippen LogP contribution in [0.4, 0.5) is 27.6 Å². The number of rotatable bonds is 5. The molecule has 0 aliphatic rings. The molecule has 2 N–H and O–H groups in total. The molecule has 0 saturated carbocycles. The highest BCUT2D eigenvalue weighted by molar-refractivity contribution is 5.73. The highest BCUT2D eigenvalue weighted by atomic mass is 19.4. The molecule has 0 bridgehead atoms. The number of aromatic nitrogens is 3. The van der Waals surface area contributed by atoms with Gasteiger partial charge in [-0.05, 0) is 5.56 Å². The minimum absolute atomic E-state index is 0.0925. The number of alkyl halides is 5. The summed E-state index contributed by atoms with van der Waals surface area (Å²) >= 11 is 0. The molecule has 138 valence electrons. The molecule has 12 heteroatoms. The molecule has 0 aromatic carbocycles. The third-order valence-corrected chi connectivity index (χ3v) is 2.52. The van der Waals surface area contributed by atoms with Crippen LogP contribution in [-0.2, 0) is 11.3 Å². The first-order valence-corrected chi connectivity index (χ1v) is 6.52. The first kappa shape index (κ1) is 20.1. The summed E-state index contributed by atoms with van der Waals surface area (Å²) in [5.41, 5.74) is 1.75. The monoisotopic (exact) mass is 368 g/mol. The van der Waals surface area contributed by atoms with Crippen molar-refractivity contribution >= 4 is 11.7 Å². The lowest BCUT2D eigenvalue weighted by Crippen LogP contribution is -2.21. The molecule has 0 aliphatic heterocycles. The van der Waals surface area contributed by atoms with E-state index in [1.165, 1.54) is 12.3 Å². The van der Waals surface area contributed by atoms with E-state index >= 15 is 0 Å². The van der Waals surface area contributed by atoms with E-state index in [9.17, 15) is 22.0 Å². The minimum atomic E-state index is -5.08. The van der Waals surface area contributed by atoms with Crippen LogP contribution in [0.2, 0.25) is 0 Å². The van der Waals surface area contributed by atoms with Crippen molar-refractivity contribution in [1.29, 1.82) is 0 Å². The summed E-state index contributed by atoms with van der Waals surface area (Å²) in [6.07, 6.45) is -0.0658. The third-order valence-electron chi connectivity index (χ3n) is 2.52. The van der Waals surface area contributed by atoms with Gasteiger partial charge < -0.3 is 15.2 Å². The number of carboxylic acid groups (broad SMARTS) is 1. The number of anilines is 1. The first-order valence-electron chi connectivity index (χ1n) is 6.52. The van der Waals surface area contributed by atoms with Crippen LogP contribution in [0.3, 0.4) is 0 Å². The molecule has 0 fully saturated rings. The Labute approximate surface area is 138 Å². The molecule has 0 unspecified atom stereocenters. The molecule has 0 atom stereocenters. The fourth-order valence-corrected chi connectivity index (χ4v) is 1.43. The van der Waals surface area contributed by atoms with Gasteiger partial charge in [-0.2, -0.15) is 27.1 Å². The van der Waals surface area contributed by atoms with E-state index in [2.05, 4.69) is 20.1 Å². The second-order valence-corrected chi connectivity index (χ2v) is 4.36. The summed E-state index contributed by atoms with van der Waals surface area (Å²) in [4.78, 5) is 12.7. The molecule has 0 saturated heterocycles. The second kappa shape index (κ2) is 8.80. The Kier molecular flexibility index (Phi) is 7.08. The molecular formula is C13H13F5N4O3. The van der Waals surface area contributed by atoms with Crippen molar-refractivity contribution in [2.45, 2.75) is 19.3 Å². The quantitative estimate of drug-likeness (QED) is 0.789. The molecule has 0 amide bonds. The van der Waals surface area contributed by atoms with Crippen LogP contribution in [0.25, 0.3) is 0 Å². The number of nitrogens with zero attached hydrogens (tertiary/aromatic N) is 3. The van der Waals surface area contributed by atoms with Crippen LogP contribution in [0.5, 0.6) is 5.88 Å². The van der Waals surface area contributed by atoms with Crippen LogP contribution in [0.15, 0.2) is 30.7 Å². The molecule has 0 radical (unpaired) electrons. The Hall–Kier alpha value is -2.92. The summed E-state index contributed by atoms with van der Waals surface area (Å²) in [6, 6.07) is 3.08. The first-order chi connectivity index (χ1) is 11.6. The molecular weight excluding hydrogens is 355 g/mol. The van der Waals surface area contributed by atoms with Gasteiger partial charge in [-0.3, -0.25) is 4.68 Å². The molecule has 0 aliphatic carbocycles. The maximum atomic E-state index is 11.9. The van der Waals surface area contributed by atoms with Crippen molar-refractivity contribution in [2.75, 3.05) is 12.4 Å². The highest BCUT2D eigenvalue weighted by Gasteiger charge is 2.38. The topological polar surface area (TPSA) is 89.3 Å². The summed E-state index contributed by atoms with van der Waals surface area (Å²) in [5, 5.41) is 14.2. The van der Waals surface area contributed by atoms with Gasteiger partial charge in [-0.25, -0.2) is 9.78 Å². The van der Waals surface area contributed by atoms with Gasteiger partial charge in [-0.1, -0.05) is 6.07 Å². The van der Waals surface area contributed by atoms with Crippen molar-refractivity contribution in [3.8, 4) is 5.88 Å². The summed E-state index contributed by atoms with van der Waals surface area (Å²) in [6.45, 7) is -2.34. The van der Waals surface area contributed by atoms with E-state index in [0.29, 0.717) is 6.54 Å². The highest BCUT2D eigenvalue weighted by Crippen LogP contribution is 2.13. The van der Waals surface area contributed by atoms with Gasteiger partial charge >= 0.3 is 18.8 Å². The van der Waals surface area contributed by atoms with Gasteiger partial charge in [0.1, 0.15) is 0 Å². The lowest BCUT2D eigenvalue weighted by molar-refractivity contribution is -0.192. The number of hydrogen-bond donors (Lipinski definition) is 2. The second-order valence-electron chi connectivity index (χ2n) is 4.36. The molecule has 2 heterocycles. The molecule has 2 rings (SSSR count). The van der Waals surface area contributed by atoms with Crippen LogP contribution in [0, 0.1) is 0 Å². The fraction of sp³-hybridized carbons (Fsp3) is 0.308. The number of nitrogens with one attached hydrogen (secondary N) is 1. The summed E-state index contributed by atoms with van der Waals surface area (Å²) < 4.78 is 61.5. The van der Waals surface area contributed by atoms with E-state index in [1.807, 2.05) is 6.20 Å². The Bertz CT molecular complexity index is 673. The molecule has 7 nitrogen and oxygen atoms in total. The molecule has 2 aromatic heterocycles. The zero-order valence-electron chi connectivity index (χ0n) is 12.7. The van der Waals surface area contributed by atoms with Crippen LogP contribution in [0.1, 0.15) is 5.56 Å². The van der Waals surface area contributed by atoms with E-state index in [4.69, 9.17) is 9.90 Å². The van der Waals surface area contributed by atoms with Gasteiger partial charge in [0, 0.05) is 25.5 Å². The smallest absolute Gasteiger partial charge is 0.475 e. The van der Waals surface area contributed by atoms with Crippen molar-refractivity contribution in [3.05, 3.63) is 36.3 Å². The van der Waals surface area contributed by atoms with Gasteiger partial charge in [0.05, 0.1) is 18.4 Å². The van der Waals surface area contributed by atoms with Gasteiger partial charge in [0.2, 0.25) is 5.88 Å². The van der Waals surface area contributed by atoms with Crippen molar-refractivity contribution in [2.24, 2.45) is 0 Å². The largest absolute Gasteiger partial charge is 0.490 e. The van der Waals surface area contributed by atoms with E-state index in [1.54, 1.807) is 24.0 Å². The number of carboxylic acids is 1. The van der Waals surface area contributed by atoms with Gasteiger partial charge in [-0.15, -0.1) is 0 Å². The maximum Gasteiger partial charge on any atom is 0.490 e. The van der Waals surface area contributed by atoms with Crippen molar-refractivity contribution in [3.63, 3.8) is 0 Å². The number of hydrogen-bond acceptors (Lipinski definition) is 5. The Morgan fingerprint density at radius 3 is 2.40 bits per heavy atom. The van der Waals surface area contributed by atoms with E-state index in [-0.39, 0.29) is 5.88 Å². The number of carbonyl (C=O) groups is 1. The Balaban J connectivity index is 0.000000381. The molecule has 0 spiro atoms. The van der Waals surface area contributed by atoms with Crippen molar-refractivity contribution < 1.29 is 36.6 Å². The van der Waals surface area contributed by atoms with E-state index in [0.717, 1.165) is 11.3 Å². The average molecular weight is 368 g/mol. The number of aliphatic carboxylic acids is 1. The van der Waals surface area contributed by atoms with Gasteiger partial charge in [0.15, 0.2) is 0 Å². The predicted molar refractivity (Wildman–Crippen MR) is 75.4 cm³/mol. The summed E-state index contributed by atoms with van der Waals surface area (Å²) in [5.74, 6) is -2.85. The zero-order chi connectivity index (χ0) is 19.0. The van der Waals surface area contributed by atoms with Crippen LogP contribution < -0.4 is 10.1 Å². The normalized spacial score (nSPS) is 10.8. The maximum absolute atomic E-state index is 11.9. The lowest BCUT2D eigenvalue weighted by Gasteiger charge is -2.04. The van der Waals surface area contributed by atoms with Crippen LogP contribution in [-0.4, -0.2) is 45.7 Å².